The molecule has 0 aliphatic rings. The van der Waals surface area contributed by atoms with Crippen molar-refractivity contribution < 1.29 is 0 Å². The Morgan fingerprint density at radius 3 is 1.11 bits per heavy atom. The first-order chi connectivity index (χ1) is 30.7. The summed E-state index contributed by atoms with van der Waals surface area (Å²) in [4.78, 5) is 10.4. The molecule has 0 aliphatic carbocycles. The lowest BCUT2D eigenvalue weighted by Gasteiger charge is -2.14. The van der Waals surface area contributed by atoms with Crippen LogP contribution in [-0.2, 0) is 0 Å². The molecule has 0 bridgehead atoms. The van der Waals surface area contributed by atoms with Gasteiger partial charge >= 0.3 is 0 Å². The van der Waals surface area contributed by atoms with Crippen LogP contribution in [0.15, 0.2) is 243 Å². The monoisotopic (exact) mass is 788 g/mol. The van der Waals surface area contributed by atoms with Crippen molar-refractivity contribution in [3.05, 3.63) is 243 Å². The van der Waals surface area contributed by atoms with Crippen molar-refractivity contribution in [3.8, 4) is 89.4 Å². The van der Waals surface area contributed by atoms with E-state index in [1.54, 1.807) is 0 Å². The number of hydrogen-bond acceptors (Lipinski definition) is 2. The van der Waals surface area contributed by atoms with Crippen molar-refractivity contribution >= 4 is 21.7 Å². The number of aromatic nitrogens is 2. The Balaban J connectivity index is 0.960. The van der Waals surface area contributed by atoms with Gasteiger partial charge in [0.1, 0.15) is 0 Å². The van der Waals surface area contributed by atoms with Crippen LogP contribution in [0.2, 0.25) is 0 Å². The van der Waals surface area contributed by atoms with Crippen LogP contribution in [0, 0.1) is 0 Å². The van der Waals surface area contributed by atoms with E-state index in [9.17, 15) is 0 Å². The van der Waals surface area contributed by atoms with E-state index in [1.165, 1.54) is 60.7 Å². The summed E-state index contributed by atoms with van der Waals surface area (Å²) < 4.78 is 0. The molecule has 0 N–H and O–H groups in total. The summed E-state index contributed by atoms with van der Waals surface area (Å²) in [5.41, 5.74) is 18.9. The molecule has 9 aromatic carbocycles. The summed E-state index contributed by atoms with van der Waals surface area (Å²) >= 11 is 0. The van der Waals surface area contributed by atoms with Gasteiger partial charge in [-0.25, -0.2) is 9.97 Å². The van der Waals surface area contributed by atoms with Crippen LogP contribution in [0.3, 0.4) is 0 Å². The number of fused-ring (bicyclic) bond motifs is 3. The van der Waals surface area contributed by atoms with Gasteiger partial charge < -0.3 is 0 Å². The van der Waals surface area contributed by atoms with Crippen LogP contribution < -0.4 is 0 Å². The normalized spacial score (nSPS) is 11.2. The molecular weight excluding hydrogens is 749 g/mol. The zero-order chi connectivity index (χ0) is 41.2. The Morgan fingerprint density at radius 2 is 0.597 bits per heavy atom. The molecular formula is C60H40N2. The van der Waals surface area contributed by atoms with Gasteiger partial charge in [0.05, 0.1) is 22.6 Å². The van der Waals surface area contributed by atoms with Gasteiger partial charge in [0.15, 0.2) is 0 Å². The van der Waals surface area contributed by atoms with Crippen molar-refractivity contribution in [2.75, 3.05) is 0 Å². The Bertz CT molecular complexity index is 3220. The fourth-order valence-corrected chi connectivity index (χ4v) is 8.62. The molecule has 0 spiro atoms. The second-order valence-electron chi connectivity index (χ2n) is 15.8. The molecule has 2 heteroatoms. The van der Waals surface area contributed by atoms with Crippen molar-refractivity contribution in [1.82, 2.24) is 9.97 Å². The third-order valence-corrected chi connectivity index (χ3v) is 11.9. The standard InChI is InChI=1S/C60H40N2/c1-5-13-41(14-6-1)43-25-29-49(30-26-43)57-38-53(39-58(62-57)50-31-27-44(28-32-50)42-15-7-2-8-16-42)46-23-21-45(22-24-46)51-33-35-54-52(37-51)34-36-56-60(54)55(47-17-9-3-10-18-47)40-59(61-56)48-19-11-4-12-20-48/h1-40H. The topological polar surface area (TPSA) is 25.8 Å². The number of pyridine rings is 2. The summed E-state index contributed by atoms with van der Waals surface area (Å²) in [7, 11) is 0. The molecule has 2 heterocycles. The molecule has 0 unspecified atom stereocenters. The predicted octanol–water partition coefficient (Wildman–Crippen LogP) is 16.1. The van der Waals surface area contributed by atoms with Crippen LogP contribution in [0.4, 0.5) is 0 Å². The van der Waals surface area contributed by atoms with Gasteiger partial charge in [0.2, 0.25) is 0 Å². The van der Waals surface area contributed by atoms with E-state index >= 15 is 0 Å². The second-order valence-corrected chi connectivity index (χ2v) is 15.8. The van der Waals surface area contributed by atoms with Crippen LogP contribution in [0.25, 0.3) is 111 Å². The molecule has 0 radical (unpaired) electrons. The third-order valence-electron chi connectivity index (χ3n) is 11.9. The van der Waals surface area contributed by atoms with Crippen molar-refractivity contribution in [2.45, 2.75) is 0 Å². The maximum Gasteiger partial charge on any atom is 0.0722 e. The molecule has 2 aromatic heterocycles. The molecule has 11 aromatic rings. The van der Waals surface area contributed by atoms with Crippen molar-refractivity contribution in [3.63, 3.8) is 0 Å². The second kappa shape index (κ2) is 16.1. The summed E-state index contributed by atoms with van der Waals surface area (Å²) in [6, 6.07) is 86.5. The molecule has 290 valence electrons. The highest BCUT2D eigenvalue weighted by molar-refractivity contribution is 6.14. The average molecular weight is 789 g/mol. The lowest BCUT2D eigenvalue weighted by Crippen LogP contribution is -1.92. The van der Waals surface area contributed by atoms with Crippen LogP contribution in [0.1, 0.15) is 0 Å². The molecule has 0 atom stereocenters. The molecule has 0 saturated carbocycles. The maximum atomic E-state index is 5.26. The summed E-state index contributed by atoms with van der Waals surface area (Å²) in [5, 5.41) is 3.55. The third kappa shape index (κ3) is 7.25. The molecule has 62 heavy (non-hydrogen) atoms. The predicted molar refractivity (Wildman–Crippen MR) is 261 cm³/mol. The molecule has 11 rings (SSSR count). The number of nitrogens with zero attached hydrogens (tertiary/aromatic N) is 2. The van der Waals surface area contributed by atoms with E-state index in [0.717, 1.165) is 50.4 Å². The van der Waals surface area contributed by atoms with Gasteiger partial charge in [0.25, 0.3) is 0 Å². The van der Waals surface area contributed by atoms with Gasteiger partial charge in [0, 0.05) is 22.1 Å². The van der Waals surface area contributed by atoms with Crippen LogP contribution in [-0.4, -0.2) is 9.97 Å². The fraction of sp³-hybridized carbons (Fsp3) is 0. The Hall–Kier alpha value is -8.20. The van der Waals surface area contributed by atoms with E-state index in [4.69, 9.17) is 9.97 Å². The Morgan fingerprint density at radius 1 is 0.226 bits per heavy atom. The zero-order valence-corrected chi connectivity index (χ0v) is 34.0. The first-order valence-corrected chi connectivity index (χ1v) is 21.1. The first-order valence-electron chi connectivity index (χ1n) is 21.1. The van der Waals surface area contributed by atoms with Crippen LogP contribution >= 0.6 is 0 Å². The van der Waals surface area contributed by atoms with E-state index in [1.807, 2.05) is 6.07 Å². The van der Waals surface area contributed by atoms with Gasteiger partial charge in [-0.3, -0.25) is 0 Å². The summed E-state index contributed by atoms with van der Waals surface area (Å²) in [5.74, 6) is 0. The van der Waals surface area contributed by atoms with E-state index in [-0.39, 0.29) is 0 Å². The molecule has 0 saturated heterocycles. The highest BCUT2D eigenvalue weighted by Gasteiger charge is 2.15. The smallest absolute Gasteiger partial charge is 0.0722 e. The highest BCUT2D eigenvalue weighted by atomic mass is 14.7. The lowest BCUT2D eigenvalue weighted by atomic mass is 9.92. The van der Waals surface area contributed by atoms with E-state index < -0.39 is 0 Å². The highest BCUT2D eigenvalue weighted by Crippen LogP contribution is 2.39. The van der Waals surface area contributed by atoms with Gasteiger partial charge in [-0.15, -0.1) is 0 Å². The molecule has 0 amide bonds. The van der Waals surface area contributed by atoms with E-state index in [2.05, 4.69) is 237 Å². The molecule has 0 aliphatic heterocycles. The SMILES string of the molecule is c1ccc(-c2ccc(-c3cc(-c4ccc(-c5ccc6c(ccc7nc(-c8ccccc8)cc(-c8ccccc8)c76)c5)cc4)cc(-c4ccc(-c5ccccc5)cc4)n3)cc2)cc1. The lowest BCUT2D eigenvalue weighted by molar-refractivity contribution is 1.32. The molecule has 0 fully saturated rings. The van der Waals surface area contributed by atoms with E-state index in [0.29, 0.717) is 0 Å². The van der Waals surface area contributed by atoms with Gasteiger partial charge in [-0.05, 0) is 96.7 Å². The Kier molecular flexibility index (Phi) is 9.57. The average Bonchev–Trinajstić information content (AvgIpc) is 3.37. The minimum absolute atomic E-state index is 0.940. The van der Waals surface area contributed by atoms with Gasteiger partial charge in [-0.1, -0.05) is 212 Å². The first kappa shape index (κ1) is 36.8. The zero-order valence-electron chi connectivity index (χ0n) is 34.0. The maximum absolute atomic E-state index is 5.26. The fourth-order valence-electron chi connectivity index (χ4n) is 8.62. The Labute approximate surface area is 362 Å². The molecule has 2 nitrogen and oxygen atoms in total. The quantitative estimate of drug-likeness (QED) is 0.143. The van der Waals surface area contributed by atoms with Crippen molar-refractivity contribution in [1.29, 1.82) is 0 Å². The van der Waals surface area contributed by atoms with Crippen molar-refractivity contribution in [2.24, 2.45) is 0 Å². The van der Waals surface area contributed by atoms with Crippen LogP contribution in [0.5, 0.6) is 0 Å². The largest absolute Gasteiger partial charge is 0.248 e. The minimum atomic E-state index is 0.940. The summed E-state index contributed by atoms with van der Waals surface area (Å²) in [6.07, 6.45) is 0. The minimum Gasteiger partial charge on any atom is -0.248 e. The van der Waals surface area contributed by atoms with Gasteiger partial charge in [-0.2, -0.15) is 0 Å². The number of benzene rings is 9. The number of rotatable bonds is 8. The number of hydrogen-bond donors (Lipinski definition) is 0. The summed E-state index contributed by atoms with van der Waals surface area (Å²) in [6.45, 7) is 0.